The number of pyridine rings is 1. The molecule has 1 aliphatic heterocycles. The highest BCUT2D eigenvalue weighted by Crippen LogP contribution is 2.17. The van der Waals surface area contributed by atoms with Gasteiger partial charge in [-0.25, -0.2) is 4.98 Å². The molecule has 13 heavy (non-hydrogen) atoms. The van der Waals surface area contributed by atoms with Gasteiger partial charge < -0.3 is 14.8 Å². The van der Waals surface area contributed by atoms with Crippen molar-refractivity contribution in [3.8, 4) is 5.75 Å². The van der Waals surface area contributed by atoms with Gasteiger partial charge in [-0.05, 0) is 6.07 Å². The number of nitrogens with one attached hydrogen (secondary N) is 1. The van der Waals surface area contributed by atoms with Crippen molar-refractivity contribution in [2.75, 3.05) is 25.6 Å². The highest BCUT2D eigenvalue weighted by molar-refractivity contribution is 5.39. The van der Waals surface area contributed by atoms with E-state index in [4.69, 9.17) is 9.47 Å². The van der Waals surface area contributed by atoms with Crippen molar-refractivity contribution in [1.82, 2.24) is 4.98 Å². The Kier molecular flexibility index (Phi) is 2.31. The topological polar surface area (TPSA) is 43.4 Å². The third-order valence-corrected chi connectivity index (χ3v) is 1.90. The maximum Gasteiger partial charge on any atom is 0.145 e. The summed E-state index contributed by atoms with van der Waals surface area (Å²) < 4.78 is 10.6. The van der Waals surface area contributed by atoms with Gasteiger partial charge in [-0.2, -0.15) is 0 Å². The normalized spacial score (nSPS) is 16.4. The molecular weight excluding hydrogens is 168 g/mol. The largest absolute Gasteiger partial charge is 0.485 e. The Labute approximate surface area is 76.9 Å². The predicted molar refractivity (Wildman–Crippen MR) is 49.0 cm³/mol. The molecule has 0 spiro atoms. The van der Waals surface area contributed by atoms with Gasteiger partial charge in [-0.3, -0.25) is 0 Å². The van der Waals surface area contributed by atoms with Crippen molar-refractivity contribution in [3.05, 3.63) is 18.3 Å². The van der Waals surface area contributed by atoms with Gasteiger partial charge in [0, 0.05) is 19.3 Å². The van der Waals surface area contributed by atoms with Gasteiger partial charge in [-0.1, -0.05) is 0 Å². The van der Waals surface area contributed by atoms with Gasteiger partial charge in [0.25, 0.3) is 0 Å². The number of ether oxygens (including phenoxy) is 2. The molecule has 1 aromatic rings. The zero-order valence-electron chi connectivity index (χ0n) is 7.49. The molecule has 0 saturated carbocycles. The summed E-state index contributed by atoms with van der Waals surface area (Å²) in [5, 5.41) is 2.95. The zero-order chi connectivity index (χ0) is 9.10. The monoisotopic (exact) mass is 180 g/mol. The van der Waals surface area contributed by atoms with Gasteiger partial charge in [0.1, 0.15) is 17.7 Å². The predicted octanol–water partition coefficient (Wildman–Crippen LogP) is 0.901. The lowest BCUT2D eigenvalue weighted by Crippen LogP contribution is -2.38. The standard InChI is InChI=1S/C9H12N2O2/c1-10-9-4-7(2-3-11-9)13-8-5-12-6-8/h2-4,8H,5-6H2,1H3,(H,10,11). The highest BCUT2D eigenvalue weighted by Gasteiger charge is 2.19. The van der Waals surface area contributed by atoms with Crippen LogP contribution in [0.4, 0.5) is 5.82 Å². The van der Waals surface area contributed by atoms with E-state index in [9.17, 15) is 0 Å². The molecule has 0 bridgehead atoms. The van der Waals surface area contributed by atoms with Crippen LogP contribution < -0.4 is 10.1 Å². The summed E-state index contributed by atoms with van der Waals surface area (Å²) in [5.74, 6) is 1.66. The van der Waals surface area contributed by atoms with Crippen molar-refractivity contribution < 1.29 is 9.47 Å². The molecule has 1 aliphatic rings. The fraction of sp³-hybridized carbons (Fsp3) is 0.444. The molecule has 1 fully saturated rings. The van der Waals surface area contributed by atoms with Crippen LogP contribution >= 0.6 is 0 Å². The summed E-state index contributed by atoms with van der Waals surface area (Å²) >= 11 is 0. The van der Waals surface area contributed by atoms with Crippen LogP contribution in [0.15, 0.2) is 18.3 Å². The number of hydrogen-bond donors (Lipinski definition) is 1. The van der Waals surface area contributed by atoms with Gasteiger partial charge in [0.05, 0.1) is 13.2 Å². The summed E-state index contributed by atoms with van der Waals surface area (Å²) in [4.78, 5) is 4.09. The molecule has 0 amide bonds. The van der Waals surface area contributed by atoms with Gasteiger partial charge in [-0.15, -0.1) is 0 Å². The maximum atomic E-state index is 5.59. The summed E-state index contributed by atoms with van der Waals surface area (Å²) in [6.07, 6.45) is 1.94. The average molecular weight is 180 g/mol. The molecule has 0 aromatic carbocycles. The quantitative estimate of drug-likeness (QED) is 0.750. The molecule has 0 aliphatic carbocycles. The van der Waals surface area contributed by atoms with E-state index in [0.717, 1.165) is 11.6 Å². The summed E-state index contributed by atoms with van der Waals surface area (Å²) in [5.41, 5.74) is 0. The van der Waals surface area contributed by atoms with Crippen LogP contribution in [0.2, 0.25) is 0 Å². The fourth-order valence-electron chi connectivity index (χ4n) is 1.10. The first-order valence-corrected chi connectivity index (χ1v) is 4.26. The lowest BCUT2D eigenvalue weighted by atomic mass is 10.3. The minimum Gasteiger partial charge on any atom is -0.485 e. The molecule has 0 radical (unpaired) electrons. The Bertz CT molecular complexity index is 287. The SMILES string of the molecule is CNc1cc(OC2COC2)ccn1. The van der Waals surface area contributed by atoms with Crippen LogP contribution in [0.1, 0.15) is 0 Å². The number of aromatic nitrogens is 1. The second kappa shape index (κ2) is 3.62. The van der Waals surface area contributed by atoms with Crippen molar-refractivity contribution >= 4 is 5.82 Å². The molecule has 0 unspecified atom stereocenters. The van der Waals surface area contributed by atoms with Gasteiger partial charge in [0.15, 0.2) is 0 Å². The molecule has 1 saturated heterocycles. The fourth-order valence-corrected chi connectivity index (χ4v) is 1.10. The van der Waals surface area contributed by atoms with Crippen molar-refractivity contribution in [2.24, 2.45) is 0 Å². The minimum absolute atomic E-state index is 0.215. The van der Waals surface area contributed by atoms with Crippen LogP contribution in [-0.2, 0) is 4.74 Å². The highest BCUT2D eigenvalue weighted by atomic mass is 16.6. The van der Waals surface area contributed by atoms with E-state index < -0.39 is 0 Å². The maximum absolute atomic E-state index is 5.59. The van der Waals surface area contributed by atoms with Crippen LogP contribution in [0.5, 0.6) is 5.75 Å². The van der Waals surface area contributed by atoms with Crippen LogP contribution in [0.25, 0.3) is 0 Å². The first-order chi connectivity index (χ1) is 6.38. The molecule has 1 aromatic heterocycles. The molecule has 0 atom stereocenters. The number of hydrogen-bond acceptors (Lipinski definition) is 4. The van der Waals surface area contributed by atoms with E-state index in [1.54, 1.807) is 6.20 Å². The van der Waals surface area contributed by atoms with E-state index in [1.807, 2.05) is 19.2 Å². The second-order valence-electron chi connectivity index (χ2n) is 2.90. The molecule has 4 heteroatoms. The van der Waals surface area contributed by atoms with Gasteiger partial charge >= 0.3 is 0 Å². The van der Waals surface area contributed by atoms with E-state index in [0.29, 0.717) is 13.2 Å². The second-order valence-corrected chi connectivity index (χ2v) is 2.90. The van der Waals surface area contributed by atoms with E-state index in [1.165, 1.54) is 0 Å². The summed E-state index contributed by atoms with van der Waals surface area (Å²) in [6.45, 7) is 1.38. The molecule has 70 valence electrons. The Morgan fingerprint density at radius 3 is 3.08 bits per heavy atom. The first kappa shape index (κ1) is 8.31. The summed E-state index contributed by atoms with van der Waals surface area (Å²) in [6, 6.07) is 3.72. The molecule has 1 N–H and O–H groups in total. The van der Waals surface area contributed by atoms with Gasteiger partial charge in [0.2, 0.25) is 0 Å². The van der Waals surface area contributed by atoms with Crippen LogP contribution in [0.3, 0.4) is 0 Å². The number of rotatable bonds is 3. The van der Waals surface area contributed by atoms with E-state index in [-0.39, 0.29) is 6.10 Å². The smallest absolute Gasteiger partial charge is 0.145 e. The van der Waals surface area contributed by atoms with Crippen LogP contribution in [-0.4, -0.2) is 31.3 Å². The van der Waals surface area contributed by atoms with E-state index in [2.05, 4.69) is 10.3 Å². The Hall–Kier alpha value is -1.29. The molecule has 4 nitrogen and oxygen atoms in total. The average Bonchev–Trinajstić information content (AvgIpc) is 2.12. The Balaban J connectivity index is 2.01. The lowest BCUT2D eigenvalue weighted by molar-refractivity contribution is -0.0796. The Morgan fingerprint density at radius 2 is 2.46 bits per heavy atom. The number of nitrogens with zero attached hydrogens (tertiary/aromatic N) is 1. The Morgan fingerprint density at radius 1 is 1.62 bits per heavy atom. The number of anilines is 1. The van der Waals surface area contributed by atoms with Crippen molar-refractivity contribution in [3.63, 3.8) is 0 Å². The zero-order valence-corrected chi connectivity index (χ0v) is 7.49. The molecule has 2 rings (SSSR count). The molecular formula is C9H12N2O2. The first-order valence-electron chi connectivity index (χ1n) is 4.26. The lowest BCUT2D eigenvalue weighted by Gasteiger charge is -2.26. The summed E-state index contributed by atoms with van der Waals surface area (Å²) in [7, 11) is 1.83. The minimum atomic E-state index is 0.215. The van der Waals surface area contributed by atoms with Crippen molar-refractivity contribution in [1.29, 1.82) is 0 Å². The van der Waals surface area contributed by atoms with Crippen molar-refractivity contribution in [2.45, 2.75) is 6.10 Å². The van der Waals surface area contributed by atoms with E-state index >= 15 is 0 Å². The molecule has 2 heterocycles. The third-order valence-electron chi connectivity index (χ3n) is 1.90. The van der Waals surface area contributed by atoms with Crippen LogP contribution in [0, 0.1) is 0 Å². The third kappa shape index (κ3) is 1.89.